The van der Waals surface area contributed by atoms with Crippen molar-refractivity contribution in [3.8, 4) is 0 Å². The molecule has 1 saturated carbocycles. The van der Waals surface area contributed by atoms with Gasteiger partial charge < -0.3 is 5.32 Å². The van der Waals surface area contributed by atoms with Crippen LogP contribution in [0.4, 0.5) is 0 Å². The smallest absolute Gasteiger partial charge is 0.271 e. The van der Waals surface area contributed by atoms with Crippen LogP contribution in [-0.4, -0.2) is 44.9 Å². The minimum absolute atomic E-state index is 0.101. The van der Waals surface area contributed by atoms with E-state index in [-0.39, 0.29) is 17.4 Å². The lowest BCUT2D eigenvalue weighted by Gasteiger charge is -2.54. The summed E-state index contributed by atoms with van der Waals surface area (Å²) in [5.41, 5.74) is 1.99. The number of rotatable bonds is 4. The van der Waals surface area contributed by atoms with Crippen molar-refractivity contribution in [2.24, 2.45) is 5.41 Å². The van der Waals surface area contributed by atoms with Gasteiger partial charge in [-0.25, -0.2) is 4.98 Å². The van der Waals surface area contributed by atoms with E-state index in [0.29, 0.717) is 5.69 Å². The standard InChI is InChI=1S/C19H23N5O/c25-18(16-13-21-9-10-22-16)23-17-1-4-19(17)5-11-24(12-6-19)14-15-2-7-20-8-3-15/h2-3,7-10,13,17H,1,4-6,11-12,14H2,(H,23,25). The molecule has 1 aliphatic heterocycles. The van der Waals surface area contributed by atoms with E-state index in [1.807, 2.05) is 12.4 Å². The fraction of sp³-hybridized carbons (Fsp3) is 0.474. The Morgan fingerprint density at radius 2 is 1.92 bits per heavy atom. The van der Waals surface area contributed by atoms with Gasteiger partial charge in [-0.1, -0.05) is 0 Å². The first-order chi connectivity index (χ1) is 12.3. The number of nitrogens with zero attached hydrogens (tertiary/aromatic N) is 4. The number of hydrogen-bond donors (Lipinski definition) is 1. The summed E-state index contributed by atoms with van der Waals surface area (Å²) >= 11 is 0. The molecule has 0 bridgehead atoms. The third-order valence-corrected chi connectivity index (χ3v) is 5.78. The van der Waals surface area contributed by atoms with Crippen LogP contribution < -0.4 is 5.32 Å². The van der Waals surface area contributed by atoms with Gasteiger partial charge in [0.25, 0.3) is 5.91 Å². The molecule has 4 rings (SSSR count). The summed E-state index contributed by atoms with van der Waals surface area (Å²) in [6.45, 7) is 3.15. The lowest BCUT2D eigenvalue weighted by molar-refractivity contribution is -0.00719. The Hall–Kier alpha value is -2.34. The third-order valence-electron chi connectivity index (χ3n) is 5.78. The molecule has 2 fully saturated rings. The first-order valence-corrected chi connectivity index (χ1v) is 8.93. The molecule has 2 aromatic heterocycles. The fourth-order valence-electron chi connectivity index (χ4n) is 4.07. The summed E-state index contributed by atoms with van der Waals surface area (Å²) in [6.07, 6.45) is 12.9. The van der Waals surface area contributed by atoms with Gasteiger partial charge in [-0.2, -0.15) is 0 Å². The number of pyridine rings is 1. The van der Waals surface area contributed by atoms with Gasteiger partial charge in [0.05, 0.1) is 6.20 Å². The number of carbonyl (C=O) groups is 1. The molecule has 3 heterocycles. The molecule has 0 aromatic carbocycles. The molecule has 1 saturated heterocycles. The number of nitrogens with one attached hydrogen (secondary N) is 1. The summed E-state index contributed by atoms with van der Waals surface area (Å²) in [6, 6.07) is 4.43. The highest BCUT2D eigenvalue weighted by Crippen LogP contribution is 2.49. The molecule has 1 spiro atoms. The van der Waals surface area contributed by atoms with E-state index in [1.165, 1.54) is 18.2 Å². The maximum atomic E-state index is 12.3. The predicted molar refractivity (Wildman–Crippen MR) is 93.7 cm³/mol. The van der Waals surface area contributed by atoms with Crippen molar-refractivity contribution in [2.45, 2.75) is 38.3 Å². The van der Waals surface area contributed by atoms with Gasteiger partial charge in [0.15, 0.2) is 0 Å². The van der Waals surface area contributed by atoms with Crippen molar-refractivity contribution >= 4 is 5.91 Å². The zero-order chi connectivity index (χ0) is 17.1. The van der Waals surface area contributed by atoms with Crippen molar-refractivity contribution < 1.29 is 4.79 Å². The summed E-state index contributed by atoms with van der Waals surface area (Å²) in [4.78, 5) is 27.0. The Balaban J connectivity index is 1.32. The van der Waals surface area contributed by atoms with Gasteiger partial charge in [-0.05, 0) is 61.9 Å². The van der Waals surface area contributed by atoms with Gasteiger partial charge >= 0.3 is 0 Å². The summed E-state index contributed by atoms with van der Waals surface area (Å²) in [5.74, 6) is -0.101. The van der Waals surface area contributed by atoms with Gasteiger partial charge in [0, 0.05) is 37.4 Å². The van der Waals surface area contributed by atoms with Crippen LogP contribution in [0.15, 0.2) is 43.1 Å². The van der Waals surface area contributed by atoms with Gasteiger partial charge in [0.2, 0.25) is 0 Å². The average Bonchev–Trinajstić information content (AvgIpc) is 2.67. The van der Waals surface area contributed by atoms with Crippen LogP contribution in [-0.2, 0) is 6.54 Å². The number of aromatic nitrogens is 3. The minimum atomic E-state index is -0.101. The number of piperidine rings is 1. The lowest BCUT2D eigenvalue weighted by Crippen LogP contribution is -2.59. The first kappa shape index (κ1) is 16.1. The fourth-order valence-corrected chi connectivity index (χ4v) is 4.07. The molecule has 1 unspecified atom stereocenters. The van der Waals surface area contributed by atoms with E-state index in [4.69, 9.17) is 0 Å². The van der Waals surface area contributed by atoms with Crippen molar-refractivity contribution in [3.63, 3.8) is 0 Å². The molecule has 130 valence electrons. The van der Waals surface area contributed by atoms with Crippen molar-refractivity contribution in [3.05, 3.63) is 54.4 Å². The van der Waals surface area contributed by atoms with Gasteiger partial charge in [0.1, 0.15) is 5.69 Å². The van der Waals surface area contributed by atoms with Crippen LogP contribution in [0.5, 0.6) is 0 Å². The highest BCUT2D eigenvalue weighted by atomic mass is 16.2. The minimum Gasteiger partial charge on any atom is -0.347 e. The SMILES string of the molecule is O=C(NC1CCC12CCN(Cc1ccncc1)CC2)c1cnccn1. The second-order valence-corrected chi connectivity index (χ2v) is 7.15. The molecule has 1 atom stereocenters. The lowest BCUT2D eigenvalue weighted by atomic mass is 9.59. The van der Waals surface area contributed by atoms with Crippen molar-refractivity contribution in [1.82, 2.24) is 25.2 Å². The van der Waals surface area contributed by atoms with E-state index in [9.17, 15) is 4.79 Å². The zero-order valence-electron chi connectivity index (χ0n) is 14.3. The average molecular weight is 337 g/mol. The molecule has 2 aliphatic rings. The van der Waals surface area contributed by atoms with Crippen molar-refractivity contribution in [2.75, 3.05) is 13.1 Å². The number of hydrogen-bond acceptors (Lipinski definition) is 5. The van der Waals surface area contributed by atoms with Gasteiger partial charge in [-0.15, -0.1) is 0 Å². The van der Waals surface area contributed by atoms with Crippen LogP contribution >= 0.6 is 0 Å². The topological polar surface area (TPSA) is 71.0 Å². The quantitative estimate of drug-likeness (QED) is 0.924. The highest BCUT2D eigenvalue weighted by molar-refractivity contribution is 5.92. The zero-order valence-corrected chi connectivity index (χ0v) is 14.3. The Morgan fingerprint density at radius 1 is 1.12 bits per heavy atom. The van der Waals surface area contributed by atoms with E-state index in [1.54, 1.807) is 12.4 Å². The van der Waals surface area contributed by atoms with Crippen LogP contribution in [0.1, 0.15) is 41.7 Å². The van der Waals surface area contributed by atoms with Crippen LogP contribution in [0.2, 0.25) is 0 Å². The first-order valence-electron chi connectivity index (χ1n) is 8.93. The maximum absolute atomic E-state index is 12.3. The number of carbonyl (C=O) groups excluding carboxylic acids is 1. The molecule has 1 aliphatic carbocycles. The third kappa shape index (κ3) is 3.39. The summed E-state index contributed by atoms with van der Waals surface area (Å²) < 4.78 is 0. The molecule has 2 aromatic rings. The Labute approximate surface area is 147 Å². The maximum Gasteiger partial charge on any atom is 0.271 e. The molecule has 6 nitrogen and oxygen atoms in total. The Kier molecular flexibility index (Phi) is 4.44. The summed E-state index contributed by atoms with van der Waals surface area (Å²) in [5, 5.41) is 3.19. The van der Waals surface area contributed by atoms with Crippen LogP contribution in [0.3, 0.4) is 0 Å². The van der Waals surface area contributed by atoms with Gasteiger partial charge in [-0.3, -0.25) is 19.7 Å². The molecule has 0 radical (unpaired) electrons. The Bertz CT molecular complexity index is 713. The highest BCUT2D eigenvalue weighted by Gasteiger charge is 2.48. The molecule has 25 heavy (non-hydrogen) atoms. The second kappa shape index (κ2) is 6.88. The monoisotopic (exact) mass is 337 g/mol. The van der Waals surface area contributed by atoms with E-state index < -0.39 is 0 Å². The second-order valence-electron chi connectivity index (χ2n) is 7.15. The van der Waals surface area contributed by atoms with Crippen molar-refractivity contribution in [1.29, 1.82) is 0 Å². The molecule has 1 N–H and O–H groups in total. The molecular formula is C19H23N5O. The Morgan fingerprint density at radius 3 is 2.56 bits per heavy atom. The molecule has 1 amide bonds. The van der Waals surface area contributed by atoms with E-state index >= 15 is 0 Å². The number of amides is 1. The summed E-state index contributed by atoms with van der Waals surface area (Å²) in [7, 11) is 0. The predicted octanol–water partition coefficient (Wildman–Crippen LogP) is 2.05. The molecule has 6 heteroatoms. The van der Waals surface area contributed by atoms with Crippen LogP contribution in [0.25, 0.3) is 0 Å². The normalized spacial score (nSPS) is 22.3. The van der Waals surface area contributed by atoms with E-state index in [0.717, 1.165) is 38.9 Å². The largest absolute Gasteiger partial charge is 0.347 e. The molecular weight excluding hydrogens is 314 g/mol. The van der Waals surface area contributed by atoms with Crippen LogP contribution in [0, 0.1) is 5.41 Å². The van der Waals surface area contributed by atoms with E-state index in [2.05, 4.69) is 37.3 Å². The number of likely N-dealkylation sites (tertiary alicyclic amines) is 1.